The van der Waals surface area contributed by atoms with E-state index in [1.165, 1.54) is 0 Å². The number of hydrogen-bond acceptors (Lipinski definition) is 4. The average Bonchev–Trinajstić information content (AvgIpc) is 2.16. The third kappa shape index (κ3) is 3.95. The van der Waals surface area contributed by atoms with Crippen molar-refractivity contribution in [1.29, 1.82) is 0 Å². The van der Waals surface area contributed by atoms with Gasteiger partial charge >= 0.3 is 0 Å². The molecule has 0 unspecified atom stereocenters. The van der Waals surface area contributed by atoms with Crippen molar-refractivity contribution in [3.05, 3.63) is 24.0 Å². The highest BCUT2D eigenvalue weighted by Crippen LogP contribution is 2.05. The first-order chi connectivity index (χ1) is 7.11. The van der Waals surface area contributed by atoms with Gasteiger partial charge in [-0.3, -0.25) is 14.7 Å². The molecule has 0 aliphatic carbocycles. The Morgan fingerprint density at radius 3 is 2.87 bits per heavy atom. The Hall–Kier alpha value is -1.62. The van der Waals surface area contributed by atoms with Gasteiger partial charge in [0.15, 0.2) is 0 Å². The Morgan fingerprint density at radius 1 is 1.60 bits per heavy atom. The lowest BCUT2D eigenvalue weighted by Gasteiger charge is -2.17. The van der Waals surface area contributed by atoms with Gasteiger partial charge in [0.05, 0.1) is 12.2 Å². The normalized spacial score (nSPS) is 10.5. The van der Waals surface area contributed by atoms with Gasteiger partial charge in [0.25, 0.3) is 0 Å². The summed E-state index contributed by atoms with van der Waals surface area (Å²) in [5.41, 5.74) is 12.3. The summed E-state index contributed by atoms with van der Waals surface area (Å²) < 4.78 is 0. The number of aromatic nitrogens is 1. The van der Waals surface area contributed by atoms with E-state index in [0.29, 0.717) is 12.2 Å². The molecule has 0 bridgehead atoms. The van der Waals surface area contributed by atoms with Crippen LogP contribution in [0.4, 0.5) is 5.69 Å². The van der Waals surface area contributed by atoms with Crippen molar-refractivity contribution in [2.75, 3.05) is 18.8 Å². The second-order valence-corrected chi connectivity index (χ2v) is 3.35. The number of hydrogen-bond donors (Lipinski definition) is 2. The third-order valence-electron chi connectivity index (χ3n) is 2.05. The van der Waals surface area contributed by atoms with Crippen LogP contribution in [0.15, 0.2) is 18.3 Å². The molecule has 0 spiro atoms. The lowest BCUT2D eigenvalue weighted by Crippen LogP contribution is -2.33. The minimum Gasteiger partial charge on any atom is -0.399 e. The summed E-state index contributed by atoms with van der Waals surface area (Å²) in [6, 6.07) is 3.53. The molecule has 1 rings (SSSR count). The molecule has 1 heterocycles. The second-order valence-electron chi connectivity index (χ2n) is 3.35. The van der Waals surface area contributed by atoms with Crippen molar-refractivity contribution in [2.24, 2.45) is 5.73 Å². The lowest BCUT2D eigenvalue weighted by atomic mass is 10.3. The highest BCUT2D eigenvalue weighted by atomic mass is 16.1. The van der Waals surface area contributed by atoms with E-state index in [1.807, 2.05) is 11.8 Å². The van der Waals surface area contributed by atoms with Gasteiger partial charge in [0.1, 0.15) is 0 Å². The molecule has 82 valence electrons. The van der Waals surface area contributed by atoms with Crippen LogP contribution in [-0.4, -0.2) is 28.9 Å². The molecule has 0 saturated carbocycles. The Balaban J connectivity index is 2.62. The Morgan fingerprint density at radius 2 is 2.33 bits per heavy atom. The van der Waals surface area contributed by atoms with Crippen LogP contribution in [0.3, 0.4) is 0 Å². The number of pyridine rings is 1. The Bertz CT molecular complexity index is 340. The van der Waals surface area contributed by atoms with Crippen LogP contribution in [-0.2, 0) is 11.3 Å². The van der Waals surface area contributed by atoms with Gasteiger partial charge in [0, 0.05) is 18.4 Å². The van der Waals surface area contributed by atoms with Crippen molar-refractivity contribution in [2.45, 2.75) is 13.5 Å². The first-order valence-corrected chi connectivity index (χ1v) is 4.83. The van der Waals surface area contributed by atoms with Crippen LogP contribution >= 0.6 is 0 Å². The van der Waals surface area contributed by atoms with E-state index in [9.17, 15) is 4.79 Å². The number of anilines is 1. The molecule has 5 nitrogen and oxygen atoms in total. The summed E-state index contributed by atoms with van der Waals surface area (Å²) >= 11 is 0. The summed E-state index contributed by atoms with van der Waals surface area (Å²) in [5.74, 6) is -0.333. The minimum atomic E-state index is -0.333. The van der Waals surface area contributed by atoms with Crippen molar-refractivity contribution < 1.29 is 4.79 Å². The summed E-state index contributed by atoms with van der Waals surface area (Å²) in [6.45, 7) is 3.55. The number of amides is 1. The topological polar surface area (TPSA) is 85.2 Å². The van der Waals surface area contributed by atoms with Crippen molar-refractivity contribution >= 4 is 11.6 Å². The summed E-state index contributed by atoms with van der Waals surface area (Å²) in [5, 5.41) is 0. The van der Waals surface area contributed by atoms with E-state index in [4.69, 9.17) is 11.5 Å². The zero-order valence-corrected chi connectivity index (χ0v) is 8.81. The zero-order valence-electron chi connectivity index (χ0n) is 8.81. The Labute approximate surface area is 89.1 Å². The molecule has 0 aromatic carbocycles. The molecule has 1 aromatic rings. The molecule has 0 fully saturated rings. The number of primary amides is 1. The van der Waals surface area contributed by atoms with Gasteiger partial charge in [-0.25, -0.2) is 0 Å². The van der Waals surface area contributed by atoms with Crippen molar-refractivity contribution in [3.8, 4) is 0 Å². The van der Waals surface area contributed by atoms with Crippen molar-refractivity contribution in [3.63, 3.8) is 0 Å². The van der Waals surface area contributed by atoms with Crippen LogP contribution < -0.4 is 11.5 Å². The quantitative estimate of drug-likeness (QED) is 0.711. The van der Waals surface area contributed by atoms with Crippen LogP contribution in [0.25, 0.3) is 0 Å². The molecule has 5 heteroatoms. The van der Waals surface area contributed by atoms with E-state index in [-0.39, 0.29) is 12.5 Å². The third-order valence-corrected chi connectivity index (χ3v) is 2.05. The number of carbonyl (C=O) groups is 1. The summed E-state index contributed by atoms with van der Waals surface area (Å²) in [7, 11) is 0. The highest BCUT2D eigenvalue weighted by molar-refractivity contribution is 5.75. The summed E-state index contributed by atoms with van der Waals surface area (Å²) in [4.78, 5) is 16.8. The van der Waals surface area contributed by atoms with Gasteiger partial charge in [-0.15, -0.1) is 0 Å². The smallest absolute Gasteiger partial charge is 0.231 e. The molecule has 4 N–H and O–H groups in total. The van der Waals surface area contributed by atoms with Crippen LogP contribution in [0.1, 0.15) is 12.6 Å². The standard InChI is InChI=1S/C10H16N4O/c1-2-14(7-10(12)15)6-9-5-8(11)3-4-13-9/h3-5H,2,6-7H2,1H3,(H2,11,13)(H2,12,15). The first kappa shape index (κ1) is 11.5. The van der Waals surface area contributed by atoms with Crippen LogP contribution in [0.5, 0.6) is 0 Å². The lowest BCUT2D eigenvalue weighted by molar-refractivity contribution is -0.119. The fourth-order valence-corrected chi connectivity index (χ4v) is 1.31. The maximum Gasteiger partial charge on any atom is 0.231 e. The first-order valence-electron chi connectivity index (χ1n) is 4.83. The van der Waals surface area contributed by atoms with Gasteiger partial charge < -0.3 is 11.5 Å². The predicted molar refractivity (Wildman–Crippen MR) is 58.8 cm³/mol. The molecular weight excluding hydrogens is 192 g/mol. The minimum absolute atomic E-state index is 0.243. The van der Waals surface area contributed by atoms with Gasteiger partial charge in [-0.05, 0) is 18.7 Å². The number of carbonyl (C=O) groups excluding carboxylic acids is 1. The average molecular weight is 208 g/mol. The molecule has 0 aliphatic heterocycles. The monoisotopic (exact) mass is 208 g/mol. The zero-order chi connectivity index (χ0) is 11.3. The van der Waals surface area contributed by atoms with Gasteiger partial charge in [0.2, 0.25) is 5.91 Å². The van der Waals surface area contributed by atoms with Crippen LogP contribution in [0, 0.1) is 0 Å². The molecule has 0 radical (unpaired) electrons. The Kier molecular flexibility index (Phi) is 4.05. The molecule has 0 saturated heterocycles. The van der Waals surface area contributed by atoms with Gasteiger partial charge in [-0.2, -0.15) is 0 Å². The van der Waals surface area contributed by atoms with E-state index < -0.39 is 0 Å². The second kappa shape index (κ2) is 5.31. The SMILES string of the molecule is CCN(CC(N)=O)Cc1cc(N)ccn1. The predicted octanol–water partition coefficient (Wildman–Crippen LogP) is -0.0290. The van der Waals surface area contributed by atoms with Gasteiger partial charge in [-0.1, -0.05) is 6.92 Å². The fraction of sp³-hybridized carbons (Fsp3) is 0.400. The van der Waals surface area contributed by atoms with E-state index in [0.717, 1.165) is 12.2 Å². The number of likely N-dealkylation sites (N-methyl/N-ethyl adjacent to an activating group) is 1. The number of rotatable bonds is 5. The van der Waals surface area contributed by atoms with Crippen LogP contribution in [0.2, 0.25) is 0 Å². The van der Waals surface area contributed by atoms with E-state index in [2.05, 4.69) is 4.98 Å². The molecular formula is C10H16N4O. The van der Waals surface area contributed by atoms with E-state index >= 15 is 0 Å². The molecule has 1 aromatic heterocycles. The number of nitrogens with zero attached hydrogens (tertiary/aromatic N) is 2. The van der Waals surface area contributed by atoms with E-state index in [1.54, 1.807) is 18.3 Å². The molecule has 0 atom stereocenters. The largest absolute Gasteiger partial charge is 0.399 e. The molecule has 1 amide bonds. The fourth-order valence-electron chi connectivity index (χ4n) is 1.31. The maximum absolute atomic E-state index is 10.8. The maximum atomic E-state index is 10.8. The highest BCUT2D eigenvalue weighted by Gasteiger charge is 2.07. The summed E-state index contributed by atoms with van der Waals surface area (Å²) in [6.07, 6.45) is 1.66. The van der Waals surface area contributed by atoms with Crippen molar-refractivity contribution in [1.82, 2.24) is 9.88 Å². The number of nitrogens with two attached hydrogens (primary N) is 2. The number of nitrogen functional groups attached to an aromatic ring is 1. The molecule has 15 heavy (non-hydrogen) atoms. The molecule has 0 aliphatic rings.